The maximum Gasteiger partial charge on any atom is 0.254 e. The molecule has 2 aromatic carbocycles. The zero-order valence-electron chi connectivity index (χ0n) is 15.8. The van der Waals surface area contributed by atoms with E-state index < -0.39 is 5.82 Å². The predicted octanol–water partition coefficient (Wildman–Crippen LogP) is 4.04. The number of hydrogen-bond donors (Lipinski definition) is 0. The number of carbonyl (C=O) groups is 1. The SMILES string of the molecule is COc1cc(C(=O)N2CCCC(c3nc(-c4ccc(F)cc4)no3)C2)ccc1F. The van der Waals surface area contributed by atoms with E-state index in [1.807, 2.05) is 0 Å². The van der Waals surface area contributed by atoms with Crippen LogP contribution >= 0.6 is 0 Å². The Hall–Kier alpha value is -3.29. The lowest BCUT2D eigenvalue weighted by Gasteiger charge is -2.31. The smallest absolute Gasteiger partial charge is 0.254 e. The normalized spacial score (nSPS) is 16.7. The number of benzene rings is 2. The number of amides is 1. The molecule has 0 radical (unpaired) electrons. The first-order valence-corrected chi connectivity index (χ1v) is 9.27. The first-order chi connectivity index (χ1) is 14.0. The summed E-state index contributed by atoms with van der Waals surface area (Å²) >= 11 is 0. The van der Waals surface area contributed by atoms with Crippen LogP contribution in [0.25, 0.3) is 11.4 Å². The lowest BCUT2D eigenvalue weighted by atomic mass is 9.97. The fourth-order valence-electron chi connectivity index (χ4n) is 3.46. The fourth-order valence-corrected chi connectivity index (χ4v) is 3.46. The van der Waals surface area contributed by atoms with Crippen molar-refractivity contribution in [3.05, 3.63) is 65.6 Å². The summed E-state index contributed by atoms with van der Waals surface area (Å²) in [5.41, 5.74) is 1.02. The minimum Gasteiger partial charge on any atom is -0.494 e. The van der Waals surface area contributed by atoms with E-state index in [0.717, 1.165) is 12.8 Å². The second-order valence-electron chi connectivity index (χ2n) is 6.90. The Morgan fingerprint density at radius 3 is 2.76 bits per heavy atom. The summed E-state index contributed by atoms with van der Waals surface area (Å²) in [5, 5.41) is 3.98. The standard InChI is InChI=1S/C21H19F2N3O3/c1-28-18-11-14(6-9-17(18)23)21(27)26-10-2-3-15(12-26)20-24-19(25-29-20)13-4-7-16(22)8-5-13/h4-9,11,15H,2-3,10,12H2,1H3. The van der Waals surface area contributed by atoms with Gasteiger partial charge in [0.1, 0.15) is 5.82 Å². The first-order valence-electron chi connectivity index (χ1n) is 9.27. The van der Waals surface area contributed by atoms with Gasteiger partial charge in [-0.3, -0.25) is 4.79 Å². The van der Waals surface area contributed by atoms with Crippen LogP contribution in [-0.2, 0) is 0 Å². The Kier molecular flexibility index (Phi) is 5.24. The number of nitrogens with zero attached hydrogens (tertiary/aromatic N) is 3. The van der Waals surface area contributed by atoms with Crippen molar-refractivity contribution >= 4 is 5.91 Å². The van der Waals surface area contributed by atoms with Crippen LogP contribution in [0.3, 0.4) is 0 Å². The van der Waals surface area contributed by atoms with Crippen LogP contribution in [0.4, 0.5) is 8.78 Å². The van der Waals surface area contributed by atoms with Crippen molar-refractivity contribution in [1.82, 2.24) is 15.0 Å². The van der Waals surface area contributed by atoms with Gasteiger partial charge >= 0.3 is 0 Å². The Balaban J connectivity index is 1.50. The molecule has 1 saturated heterocycles. The minimum atomic E-state index is -0.514. The second-order valence-corrected chi connectivity index (χ2v) is 6.90. The van der Waals surface area contributed by atoms with Crippen molar-refractivity contribution in [2.24, 2.45) is 0 Å². The summed E-state index contributed by atoms with van der Waals surface area (Å²) in [7, 11) is 1.36. The number of ether oxygens (including phenoxy) is 1. The zero-order chi connectivity index (χ0) is 20.4. The van der Waals surface area contributed by atoms with E-state index in [-0.39, 0.29) is 23.4 Å². The van der Waals surface area contributed by atoms with Crippen molar-refractivity contribution < 1.29 is 22.8 Å². The third kappa shape index (κ3) is 3.96. The molecule has 0 N–H and O–H groups in total. The highest BCUT2D eigenvalue weighted by Crippen LogP contribution is 2.29. The molecule has 3 aromatic rings. The van der Waals surface area contributed by atoms with Crippen LogP contribution in [0.1, 0.15) is 35.0 Å². The lowest BCUT2D eigenvalue weighted by molar-refractivity contribution is 0.0695. The number of methoxy groups -OCH3 is 1. The number of hydrogen-bond acceptors (Lipinski definition) is 5. The Bertz CT molecular complexity index is 1020. The lowest BCUT2D eigenvalue weighted by Crippen LogP contribution is -2.39. The van der Waals surface area contributed by atoms with Gasteiger partial charge in [-0.15, -0.1) is 0 Å². The minimum absolute atomic E-state index is 0.0326. The van der Waals surface area contributed by atoms with E-state index in [2.05, 4.69) is 10.1 Å². The van der Waals surface area contributed by atoms with Crippen LogP contribution in [0.5, 0.6) is 5.75 Å². The highest BCUT2D eigenvalue weighted by atomic mass is 19.1. The predicted molar refractivity (Wildman–Crippen MR) is 101 cm³/mol. The molecule has 2 heterocycles. The molecule has 0 bridgehead atoms. The average Bonchev–Trinajstić information content (AvgIpc) is 3.24. The van der Waals surface area contributed by atoms with Gasteiger partial charge in [0.25, 0.3) is 5.91 Å². The summed E-state index contributed by atoms with van der Waals surface area (Å²) in [4.78, 5) is 19.0. The summed E-state index contributed by atoms with van der Waals surface area (Å²) in [5.74, 6) is -0.297. The van der Waals surface area contributed by atoms with Crippen LogP contribution in [-0.4, -0.2) is 41.1 Å². The maximum absolute atomic E-state index is 13.6. The summed E-state index contributed by atoms with van der Waals surface area (Å²) < 4.78 is 37.1. The highest BCUT2D eigenvalue weighted by Gasteiger charge is 2.29. The van der Waals surface area contributed by atoms with Crippen molar-refractivity contribution in [3.8, 4) is 17.1 Å². The van der Waals surface area contributed by atoms with E-state index in [4.69, 9.17) is 9.26 Å². The van der Waals surface area contributed by atoms with Crippen molar-refractivity contribution in [2.75, 3.05) is 20.2 Å². The van der Waals surface area contributed by atoms with Crippen molar-refractivity contribution in [1.29, 1.82) is 0 Å². The van der Waals surface area contributed by atoms with Gasteiger partial charge in [0, 0.05) is 24.2 Å². The molecule has 8 heteroatoms. The van der Waals surface area contributed by atoms with Gasteiger partial charge in [-0.05, 0) is 55.3 Å². The molecule has 4 rings (SSSR count). The van der Waals surface area contributed by atoms with Crippen LogP contribution in [0.15, 0.2) is 47.0 Å². The second kappa shape index (κ2) is 7.98. The first kappa shape index (κ1) is 19.0. The molecule has 29 heavy (non-hydrogen) atoms. The zero-order valence-corrected chi connectivity index (χ0v) is 15.8. The Morgan fingerprint density at radius 1 is 1.21 bits per heavy atom. The van der Waals surface area contributed by atoms with Gasteiger partial charge in [-0.25, -0.2) is 8.78 Å². The number of aromatic nitrogens is 2. The van der Waals surface area contributed by atoms with E-state index >= 15 is 0 Å². The Morgan fingerprint density at radius 2 is 2.00 bits per heavy atom. The van der Waals surface area contributed by atoms with Crippen LogP contribution < -0.4 is 4.74 Å². The van der Waals surface area contributed by atoms with Gasteiger partial charge in [0.2, 0.25) is 11.7 Å². The van der Waals surface area contributed by atoms with Crippen molar-refractivity contribution in [2.45, 2.75) is 18.8 Å². The number of rotatable bonds is 4. The average molecular weight is 399 g/mol. The quantitative estimate of drug-likeness (QED) is 0.662. The van der Waals surface area contributed by atoms with Gasteiger partial charge in [0.15, 0.2) is 11.6 Å². The summed E-state index contributed by atoms with van der Waals surface area (Å²) in [6.45, 7) is 1.01. The van der Waals surface area contributed by atoms with E-state index in [1.165, 1.54) is 37.4 Å². The molecule has 1 amide bonds. The largest absolute Gasteiger partial charge is 0.494 e. The maximum atomic E-state index is 13.6. The van der Waals surface area contributed by atoms with Crippen LogP contribution in [0.2, 0.25) is 0 Å². The molecule has 1 aliphatic rings. The number of piperidine rings is 1. The van der Waals surface area contributed by atoms with Gasteiger partial charge in [-0.2, -0.15) is 4.98 Å². The van der Waals surface area contributed by atoms with Crippen LogP contribution in [0, 0.1) is 11.6 Å². The molecule has 1 aromatic heterocycles. The summed E-state index contributed by atoms with van der Waals surface area (Å²) in [6, 6.07) is 9.92. The van der Waals surface area contributed by atoms with E-state index in [1.54, 1.807) is 17.0 Å². The molecule has 150 valence electrons. The van der Waals surface area contributed by atoms with E-state index in [9.17, 15) is 13.6 Å². The van der Waals surface area contributed by atoms with E-state index in [0.29, 0.717) is 35.9 Å². The topological polar surface area (TPSA) is 68.5 Å². The molecule has 1 atom stereocenters. The third-order valence-corrected chi connectivity index (χ3v) is 5.00. The molecular formula is C21H19F2N3O3. The molecule has 0 saturated carbocycles. The third-order valence-electron chi connectivity index (χ3n) is 5.00. The van der Waals surface area contributed by atoms with Gasteiger partial charge in [0.05, 0.1) is 13.0 Å². The molecule has 6 nitrogen and oxygen atoms in total. The fraction of sp³-hybridized carbons (Fsp3) is 0.286. The summed E-state index contributed by atoms with van der Waals surface area (Å²) in [6.07, 6.45) is 1.59. The Labute approximate surface area is 166 Å². The monoisotopic (exact) mass is 399 g/mol. The molecule has 1 fully saturated rings. The molecule has 1 unspecified atom stereocenters. The highest BCUT2D eigenvalue weighted by molar-refractivity contribution is 5.94. The number of likely N-dealkylation sites (tertiary alicyclic amines) is 1. The van der Waals surface area contributed by atoms with Gasteiger partial charge in [-0.1, -0.05) is 5.16 Å². The molecule has 0 spiro atoms. The van der Waals surface area contributed by atoms with Gasteiger partial charge < -0.3 is 14.2 Å². The number of halogens is 2. The molecule has 0 aliphatic carbocycles. The molecule has 1 aliphatic heterocycles. The van der Waals surface area contributed by atoms with Crippen molar-refractivity contribution in [3.63, 3.8) is 0 Å². The molecular weight excluding hydrogens is 380 g/mol. The number of carbonyl (C=O) groups excluding carboxylic acids is 1.